The van der Waals surface area contributed by atoms with Crippen molar-refractivity contribution in [3.05, 3.63) is 31.3 Å². The summed E-state index contributed by atoms with van der Waals surface area (Å²) in [7, 11) is 0. The van der Waals surface area contributed by atoms with Gasteiger partial charge in [-0.05, 0) is 23.0 Å². The molecule has 19 nitrogen and oxygen atoms in total. The molecule has 2 aliphatic rings. The number of hydrogen-bond donors (Lipinski definition) is 2. The number of rotatable bonds is 9. The molecule has 1 saturated heterocycles. The van der Waals surface area contributed by atoms with Gasteiger partial charge in [0.25, 0.3) is 0 Å². The van der Waals surface area contributed by atoms with Gasteiger partial charge in [0, 0.05) is 35.5 Å². The molecule has 1 aliphatic heterocycles. The molecule has 4 unspecified atom stereocenters. The van der Waals surface area contributed by atoms with Gasteiger partial charge in [-0.15, -0.1) is 0 Å². The Hall–Kier alpha value is -3.82. The molecule has 1 saturated carbocycles. The van der Waals surface area contributed by atoms with Crippen molar-refractivity contribution in [2.75, 3.05) is 6.61 Å². The van der Waals surface area contributed by atoms with Crippen molar-refractivity contribution in [2.45, 2.75) is 88.2 Å². The summed E-state index contributed by atoms with van der Waals surface area (Å²) in [6.45, 7) is 2.37. The number of carbonyl (C=O) groups excluding carboxylic acids is 3. The number of esters is 3. The second kappa shape index (κ2) is 13.5. The molecule has 10 atom stereocenters. The number of aliphatic hydroxyl groups excluding tert-OH is 2. The van der Waals surface area contributed by atoms with Crippen LogP contribution in [0.3, 0.4) is 0 Å². The normalized spacial score (nSPS) is 34.9. The molecule has 2 rings (SSSR count). The third-order valence-corrected chi connectivity index (χ3v) is 5.49. The van der Waals surface area contributed by atoms with Gasteiger partial charge in [0.15, 0.2) is 12.4 Å². The molecule has 0 aromatic heterocycles. The lowest BCUT2D eigenvalue weighted by Crippen LogP contribution is -2.64. The second-order valence-corrected chi connectivity index (χ2v) is 8.01. The Morgan fingerprint density at radius 1 is 0.838 bits per heavy atom. The minimum absolute atomic E-state index is 0.229. The summed E-state index contributed by atoms with van der Waals surface area (Å²) in [6.07, 6.45) is -10.8. The molecule has 0 radical (unpaired) electrons. The standard InChI is InChI=1S/C18H25N9O10/c1-6(29)33-14-9(22-25-19)4-10(23-26-20)15(17(14)35-8(3)31)37-18-12(24-27-21)16(34-7(2)30)13(32)11(5-28)36-18/h9-18,28,32H,4-5H2,1-3H3/t9-,10?,11?,12?,13-,14-,15-,16-,17?,18-/m1/s1. The summed E-state index contributed by atoms with van der Waals surface area (Å²) in [5.41, 5.74) is 27.2. The van der Waals surface area contributed by atoms with Gasteiger partial charge in [0.05, 0.1) is 18.7 Å². The monoisotopic (exact) mass is 527 g/mol. The summed E-state index contributed by atoms with van der Waals surface area (Å²) in [5.74, 6) is -2.54. The Morgan fingerprint density at radius 3 is 1.81 bits per heavy atom. The van der Waals surface area contributed by atoms with E-state index in [1.807, 2.05) is 0 Å². The lowest BCUT2D eigenvalue weighted by Gasteiger charge is -2.47. The van der Waals surface area contributed by atoms with E-state index < -0.39 is 85.6 Å². The first kappa shape index (κ1) is 29.4. The fraction of sp³-hybridized carbons (Fsp3) is 0.833. The predicted octanol–water partition coefficient (Wildman–Crippen LogP) is 0.685. The molecule has 0 aromatic carbocycles. The average Bonchev–Trinajstić information content (AvgIpc) is 2.81. The van der Waals surface area contributed by atoms with Crippen molar-refractivity contribution in [1.29, 1.82) is 0 Å². The molecule has 0 bridgehead atoms. The van der Waals surface area contributed by atoms with Crippen LogP contribution in [-0.2, 0) is 38.1 Å². The zero-order valence-electron chi connectivity index (χ0n) is 19.9. The van der Waals surface area contributed by atoms with Crippen LogP contribution in [0, 0.1) is 0 Å². The molecule has 0 amide bonds. The summed E-state index contributed by atoms with van der Waals surface area (Å²) in [6, 6.07) is -3.88. The lowest BCUT2D eigenvalue weighted by atomic mass is 9.84. The Bertz CT molecular complexity index is 1010. The highest BCUT2D eigenvalue weighted by atomic mass is 16.7. The van der Waals surface area contributed by atoms with Gasteiger partial charge in [-0.3, -0.25) is 14.4 Å². The Balaban J connectivity index is 2.59. The van der Waals surface area contributed by atoms with Crippen molar-refractivity contribution >= 4 is 17.9 Å². The molecule has 202 valence electrons. The van der Waals surface area contributed by atoms with Crippen molar-refractivity contribution < 1.29 is 48.3 Å². The summed E-state index contributed by atoms with van der Waals surface area (Å²) >= 11 is 0. The Kier molecular flexibility index (Phi) is 10.7. The van der Waals surface area contributed by atoms with E-state index in [2.05, 4.69) is 30.1 Å². The van der Waals surface area contributed by atoms with Crippen LogP contribution >= 0.6 is 0 Å². The number of carbonyl (C=O) groups is 3. The number of azide groups is 3. The van der Waals surface area contributed by atoms with Crippen molar-refractivity contribution in [3.63, 3.8) is 0 Å². The van der Waals surface area contributed by atoms with E-state index in [0.29, 0.717) is 0 Å². The van der Waals surface area contributed by atoms with Crippen LogP contribution < -0.4 is 0 Å². The molecule has 2 fully saturated rings. The quantitative estimate of drug-likeness (QED) is 0.139. The summed E-state index contributed by atoms with van der Waals surface area (Å²) in [4.78, 5) is 43.5. The molecule has 19 heteroatoms. The highest BCUT2D eigenvalue weighted by Gasteiger charge is 2.53. The maximum Gasteiger partial charge on any atom is 0.303 e. The van der Waals surface area contributed by atoms with Crippen molar-refractivity contribution in [2.24, 2.45) is 15.3 Å². The Labute approximate surface area is 208 Å². The highest BCUT2D eigenvalue weighted by molar-refractivity contribution is 5.67. The van der Waals surface area contributed by atoms with Gasteiger partial charge in [0.2, 0.25) is 0 Å². The zero-order valence-corrected chi connectivity index (χ0v) is 19.9. The first-order chi connectivity index (χ1) is 17.6. The fourth-order valence-corrected chi connectivity index (χ4v) is 4.16. The van der Waals surface area contributed by atoms with Gasteiger partial charge in [-0.1, -0.05) is 15.3 Å². The molecule has 1 aliphatic carbocycles. The molecule has 0 spiro atoms. The lowest BCUT2D eigenvalue weighted by molar-refractivity contribution is -0.296. The number of aliphatic hydroxyl groups is 2. The van der Waals surface area contributed by atoms with E-state index in [4.69, 9.17) is 40.3 Å². The van der Waals surface area contributed by atoms with E-state index in [-0.39, 0.29) is 6.42 Å². The van der Waals surface area contributed by atoms with Gasteiger partial charge < -0.3 is 33.9 Å². The minimum Gasteiger partial charge on any atom is -0.459 e. The Morgan fingerprint density at radius 2 is 1.32 bits per heavy atom. The van der Waals surface area contributed by atoms with Crippen LogP contribution in [-0.4, -0.2) is 95.8 Å². The maximum atomic E-state index is 11.9. The van der Waals surface area contributed by atoms with Crippen LogP contribution in [0.5, 0.6) is 0 Å². The van der Waals surface area contributed by atoms with Crippen LogP contribution in [0.1, 0.15) is 27.2 Å². The number of hydrogen-bond acceptors (Lipinski definition) is 13. The smallest absolute Gasteiger partial charge is 0.303 e. The van der Waals surface area contributed by atoms with Gasteiger partial charge in [-0.25, -0.2) is 0 Å². The SMILES string of the molecule is CC(=O)OC1[C@H](O[C@H]2OC(CO)[C@@H](O)[C@H](OC(C)=O)C2N=[N+]=[N-])C(N=[N+]=[N-])C[C@@H](N=[N+]=[N-])[C@H]1OC(C)=O. The van der Waals surface area contributed by atoms with Crippen LogP contribution in [0.2, 0.25) is 0 Å². The second-order valence-electron chi connectivity index (χ2n) is 8.01. The average molecular weight is 527 g/mol. The first-order valence-electron chi connectivity index (χ1n) is 10.8. The van der Waals surface area contributed by atoms with E-state index in [0.717, 1.165) is 20.8 Å². The molecule has 37 heavy (non-hydrogen) atoms. The molecule has 1 heterocycles. The fourth-order valence-electron chi connectivity index (χ4n) is 4.16. The number of nitrogens with zero attached hydrogens (tertiary/aromatic N) is 9. The largest absolute Gasteiger partial charge is 0.459 e. The van der Waals surface area contributed by atoms with E-state index in [1.165, 1.54) is 0 Å². The third kappa shape index (κ3) is 7.34. The van der Waals surface area contributed by atoms with Gasteiger partial charge in [0.1, 0.15) is 36.6 Å². The highest BCUT2D eigenvalue weighted by Crippen LogP contribution is 2.36. The van der Waals surface area contributed by atoms with E-state index in [1.54, 1.807) is 0 Å². The molecule has 2 N–H and O–H groups in total. The topological polar surface area (TPSA) is 284 Å². The molecule has 0 aromatic rings. The van der Waals surface area contributed by atoms with E-state index in [9.17, 15) is 24.6 Å². The maximum absolute atomic E-state index is 11.9. The van der Waals surface area contributed by atoms with Crippen molar-refractivity contribution in [1.82, 2.24) is 0 Å². The molecular weight excluding hydrogens is 502 g/mol. The summed E-state index contributed by atoms with van der Waals surface area (Å²) < 4.78 is 27.2. The van der Waals surface area contributed by atoms with E-state index >= 15 is 0 Å². The number of ether oxygens (including phenoxy) is 5. The predicted molar refractivity (Wildman–Crippen MR) is 117 cm³/mol. The van der Waals surface area contributed by atoms with Crippen LogP contribution in [0.25, 0.3) is 31.3 Å². The minimum atomic E-state index is -1.66. The zero-order chi connectivity index (χ0) is 27.7. The van der Waals surface area contributed by atoms with Gasteiger partial charge in [-0.2, -0.15) is 0 Å². The van der Waals surface area contributed by atoms with Crippen LogP contribution in [0.4, 0.5) is 0 Å². The third-order valence-electron chi connectivity index (χ3n) is 5.49. The van der Waals surface area contributed by atoms with Crippen LogP contribution in [0.15, 0.2) is 15.3 Å². The first-order valence-corrected chi connectivity index (χ1v) is 10.8. The van der Waals surface area contributed by atoms with Gasteiger partial charge >= 0.3 is 17.9 Å². The van der Waals surface area contributed by atoms with Crippen molar-refractivity contribution in [3.8, 4) is 0 Å². The molecular formula is C18H25N9O10. The summed E-state index contributed by atoms with van der Waals surface area (Å²) in [5, 5.41) is 30.9.